The fourth-order valence-electron chi connectivity index (χ4n) is 2.89. The van der Waals surface area contributed by atoms with Gasteiger partial charge in [-0.05, 0) is 63.2 Å². The predicted octanol–water partition coefficient (Wildman–Crippen LogP) is 2.56. The zero-order valence-corrected chi connectivity index (χ0v) is 11.5. The Labute approximate surface area is 109 Å². The lowest BCUT2D eigenvalue weighted by Crippen LogP contribution is -2.31. The molecule has 1 unspecified atom stereocenters. The van der Waals surface area contributed by atoms with Crippen LogP contribution in [0.1, 0.15) is 29.5 Å². The minimum Gasteiger partial charge on any atom is -0.504 e. The number of aryl methyl sites for hydroxylation is 2. The van der Waals surface area contributed by atoms with Crippen molar-refractivity contribution in [2.75, 3.05) is 20.2 Å². The van der Waals surface area contributed by atoms with Gasteiger partial charge in [-0.15, -0.1) is 0 Å². The first-order valence-electron chi connectivity index (χ1n) is 6.70. The lowest BCUT2D eigenvalue weighted by molar-refractivity contribution is 0.352. The predicted molar refractivity (Wildman–Crippen MR) is 73.4 cm³/mol. The van der Waals surface area contributed by atoms with E-state index in [0.717, 1.165) is 36.2 Å². The molecule has 2 N–H and O–H groups in total. The number of hydrogen-bond donors (Lipinski definition) is 2. The molecule has 0 aromatic heterocycles. The normalized spacial score (nSPS) is 19.8. The summed E-state index contributed by atoms with van der Waals surface area (Å²) in [7, 11) is 1.61. The summed E-state index contributed by atoms with van der Waals surface area (Å²) in [6, 6.07) is 2.10. The van der Waals surface area contributed by atoms with Gasteiger partial charge in [-0.25, -0.2) is 0 Å². The second-order valence-corrected chi connectivity index (χ2v) is 5.29. The molecule has 1 fully saturated rings. The van der Waals surface area contributed by atoms with Crippen molar-refractivity contribution in [2.45, 2.75) is 33.1 Å². The number of hydrogen-bond acceptors (Lipinski definition) is 3. The highest BCUT2D eigenvalue weighted by atomic mass is 16.5. The fourth-order valence-corrected chi connectivity index (χ4v) is 2.89. The van der Waals surface area contributed by atoms with E-state index in [1.54, 1.807) is 7.11 Å². The van der Waals surface area contributed by atoms with Crippen molar-refractivity contribution in [3.63, 3.8) is 0 Å². The maximum absolute atomic E-state index is 10.3. The Kier molecular flexibility index (Phi) is 4.12. The molecule has 1 heterocycles. The zero-order valence-electron chi connectivity index (χ0n) is 11.5. The molecule has 18 heavy (non-hydrogen) atoms. The van der Waals surface area contributed by atoms with Crippen molar-refractivity contribution in [2.24, 2.45) is 5.92 Å². The molecule has 1 aliphatic rings. The number of piperidine rings is 1. The van der Waals surface area contributed by atoms with Gasteiger partial charge in [0.05, 0.1) is 7.11 Å². The molecule has 1 aromatic rings. The Hall–Kier alpha value is -1.22. The molecular weight excluding hydrogens is 226 g/mol. The molecule has 0 amide bonds. The van der Waals surface area contributed by atoms with E-state index in [2.05, 4.69) is 18.3 Å². The average Bonchev–Trinajstić information content (AvgIpc) is 2.36. The van der Waals surface area contributed by atoms with Crippen LogP contribution in [0.3, 0.4) is 0 Å². The number of aromatic hydroxyl groups is 1. The first-order chi connectivity index (χ1) is 8.63. The number of ether oxygens (including phenoxy) is 1. The van der Waals surface area contributed by atoms with E-state index >= 15 is 0 Å². The third kappa shape index (κ3) is 2.61. The first kappa shape index (κ1) is 13.2. The first-order valence-corrected chi connectivity index (χ1v) is 6.70. The Morgan fingerprint density at radius 3 is 2.78 bits per heavy atom. The smallest absolute Gasteiger partial charge is 0.163 e. The number of phenols is 1. The SMILES string of the molecule is COc1c(C)cc(C)c(CC2CCCNC2)c1O. The molecule has 0 spiro atoms. The maximum Gasteiger partial charge on any atom is 0.163 e. The van der Waals surface area contributed by atoms with Crippen LogP contribution in [0.15, 0.2) is 6.07 Å². The summed E-state index contributed by atoms with van der Waals surface area (Å²) in [6.45, 7) is 6.21. The van der Waals surface area contributed by atoms with Crippen molar-refractivity contribution in [1.29, 1.82) is 0 Å². The van der Waals surface area contributed by atoms with E-state index in [4.69, 9.17) is 4.74 Å². The summed E-state index contributed by atoms with van der Waals surface area (Å²) in [5, 5.41) is 13.8. The van der Waals surface area contributed by atoms with Gasteiger partial charge < -0.3 is 15.2 Å². The molecule has 100 valence electrons. The van der Waals surface area contributed by atoms with Crippen molar-refractivity contribution < 1.29 is 9.84 Å². The third-order valence-corrected chi connectivity index (χ3v) is 3.86. The van der Waals surface area contributed by atoms with Gasteiger partial charge in [0, 0.05) is 5.56 Å². The Morgan fingerprint density at radius 1 is 1.39 bits per heavy atom. The fraction of sp³-hybridized carbons (Fsp3) is 0.600. The largest absolute Gasteiger partial charge is 0.504 e. The average molecular weight is 249 g/mol. The van der Waals surface area contributed by atoms with E-state index in [0.29, 0.717) is 17.4 Å². The summed E-state index contributed by atoms with van der Waals surface area (Å²) in [6.07, 6.45) is 3.40. The number of benzene rings is 1. The molecule has 0 radical (unpaired) electrons. The molecule has 1 saturated heterocycles. The number of nitrogens with one attached hydrogen (secondary N) is 1. The van der Waals surface area contributed by atoms with Gasteiger partial charge in [0.25, 0.3) is 0 Å². The van der Waals surface area contributed by atoms with Crippen LogP contribution in [0.25, 0.3) is 0 Å². The molecule has 1 atom stereocenters. The van der Waals surface area contributed by atoms with E-state index in [1.165, 1.54) is 12.8 Å². The Bertz CT molecular complexity index is 423. The number of phenolic OH excluding ortho intramolecular Hbond substituents is 1. The van der Waals surface area contributed by atoms with Crippen LogP contribution in [0, 0.1) is 19.8 Å². The molecule has 1 aliphatic heterocycles. The van der Waals surface area contributed by atoms with Gasteiger partial charge in [0.2, 0.25) is 0 Å². The van der Waals surface area contributed by atoms with Crippen molar-refractivity contribution in [3.8, 4) is 11.5 Å². The summed E-state index contributed by atoms with van der Waals surface area (Å²) in [4.78, 5) is 0. The van der Waals surface area contributed by atoms with Gasteiger partial charge in [-0.1, -0.05) is 6.07 Å². The molecule has 0 saturated carbocycles. The van der Waals surface area contributed by atoms with Crippen LogP contribution in [-0.4, -0.2) is 25.3 Å². The summed E-state index contributed by atoms with van der Waals surface area (Å²) in [5.74, 6) is 1.58. The summed E-state index contributed by atoms with van der Waals surface area (Å²) in [5.41, 5.74) is 3.21. The van der Waals surface area contributed by atoms with Crippen LogP contribution in [0.4, 0.5) is 0 Å². The lowest BCUT2D eigenvalue weighted by Gasteiger charge is -2.24. The number of rotatable bonds is 3. The highest BCUT2D eigenvalue weighted by molar-refractivity contribution is 5.54. The minimum absolute atomic E-state index is 0.334. The second kappa shape index (κ2) is 5.61. The van der Waals surface area contributed by atoms with E-state index in [1.807, 2.05) is 6.92 Å². The van der Waals surface area contributed by atoms with Crippen LogP contribution < -0.4 is 10.1 Å². The van der Waals surface area contributed by atoms with E-state index in [-0.39, 0.29) is 0 Å². The van der Waals surface area contributed by atoms with Crippen LogP contribution in [0.5, 0.6) is 11.5 Å². The lowest BCUT2D eigenvalue weighted by atomic mass is 9.89. The van der Waals surface area contributed by atoms with Gasteiger partial charge in [0.15, 0.2) is 11.5 Å². The Morgan fingerprint density at radius 2 is 2.17 bits per heavy atom. The summed E-state index contributed by atoms with van der Waals surface area (Å²) >= 11 is 0. The Balaban J connectivity index is 2.26. The maximum atomic E-state index is 10.3. The van der Waals surface area contributed by atoms with Gasteiger partial charge >= 0.3 is 0 Å². The van der Waals surface area contributed by atoms with Crippen LogP contribution in [0.2, 0.25) is 0 Å². The van der Waals surface area contributed by atoms with Crippen LogP contribution in [-0.2, 0) is 6.42 Å². The quantitative estimate of drug-likeness (QED) is 0.865. The highest BCUT2D eigenvalue weighted by Crippen LogP contribution is 2.37. The molecule has 3 heteroatoms. The van der Waals surface area contributed by atoms with E-state index < -0.39 is 0 Å². The molecule has 1 aromatic carbocycles. The molecule has 0 aliphatic carbocycles. The molecular formula is C15H23NO2. The standard InChI is InChI=1S/C15H23NO2/c1-10-7-11(2)15(18-3)14(17)13(10)8-12-5-4-6-16-9-12/h7,12,16-17H,4-6,8-9H2,1-3H3. The monoisotopic (exact) mass is 249 g/mol. The molecule has 0 bridgehead atoms. The number of methoxy groups -OCH3 is 1. The summed E-state index contributed by atoms with van der Waals surface area (Å²) < 4.78 is 5.29. The third-order valence-electron chi connectivity index (χ3n) is 3.86. The molecule has 2 rings (SSSR count). The van der Waals surface area contributed by atoms with Gasteiger partial charge in [0.1, 0.15) is 0 Å². The van der Waals surface area contributed by atoms with Gasteiger partial charge in [-0.3, -0.25) is 0 Å². The second-order valence-electron chi connectivity index (χ2n) is 5.29. The zero-order chi connectivity index (χ0) is 13.1. The molecule has 3 nitrogen and oxygen atoms in total. The van der Waals surface area contributed by atoms with Crippen molar-refractivity contribution in [3.05, 3.63) is 22.8 Å². The minimum atomic E-state index is 0.334. The van der Waals surface area contributed by atoms with Crippen molar-refractivity contribution >= 4 is 0 Å². The van der Waals surface area contributed by atoms with Crippen LogP contribution >= 0.6 is 0 Å². The van der Waals surface area contributed by atoms with E-state index in [9.17, 15) is 5.11 Å². The highest BCUT2D eigenvalue weighted by Gasteiger charge is 2.19. The van der Waals surface area contributed by atoms with Gasteiger partial charge in [-0.2, -0.15) is 0 Å². The van der Waals surface area contributed by atoms with Crippen molar-refractivity contribution in [1.82, 2.24) is 5.32 Å². The topological polar surface area (TPSA) is 41.5 Å².